The number of unbranched alkanes of at least 4 members (excludes halogenated alkanes) is 1. The van der Waals surface area contributed by atoms with E-state index in [1.54, 1.807) is 54.6 Å². The zero-order valence-electron chi connectivity index (χ0n) is 19.4. The highest BCUT2D eigenvalue weighted by atomic mass is 16.5. The molecule has 0 aliphatic carbocycles. The highest BCUT2D eigenvalue weighted by Crippen LogP contribution is 2.27. The van der Waals surface area contributed by atoms with Gasteiger partial charge in [-0.3, -0.25) is 4.79 Å². The summed E-state index contributed by atoms with van der Waals surface area (Å²) < 4.78 is 11.3. The number of rotatable bonds is 9. The standard InChI is InChI=1S/C29H26N2O4/c1-2-3-19-34-24-16-13-22(14-17-24)28(32)31-30-20-26-25-12-8-7-9-21(25)15-18-27(26)35-29(33)23-10-5-4-6-11-23/h4-18,20H,2-3,19H2,1H3,(H,31,32). The van der Waals surface area contributed by atoms with Gasteiger partial charge in [0.05, 0.1) is 18.4 Å². The number of benzene rings is 4. The van der Waals surface area contributed by atoms with Crippen molar-refractivity contribution in [3.05, 3.63) is 108 Å². The minimum atomic E-state index is -0.471. The third kappa shape index (κ3) is 6.12. The van der Waals surface area contributed by atoms with Gasteiger partial charge >= 0.3 is 5.97 Å². The Kier molecular flexibility index (Phi) is 7.86. The molecule has 0 saturated heterocycles. The first-order chi connectivity index (χ1) is 17.2. The number of ether oxygens (including phenoxy) is 2. The maximum absolute atomic E-state index is 12.6. The van der Waals surface area contributed by atoms with Crippen LogP contribution >= 0.6 is 0 Å². The van der Waals surface area contributed by atoms with E-state index in [1.807, 2.05) is 36.4 Å². The molecule has 0 radical (unpaired) electrons. The molecular weight excluding hydrogens is 440 g/mol. The number of amides is 1. The predicted molar refractivity (Wildman–Crippen MR) is 137 cm³/mol. The molecule has 0 atom stereocenters. The lowest BCUT2D eigenvalue weighted by atomic mass is 10.0. The Morgan fingerprint density at radius 3 is 2.37 bits per heavy atom. The third-order valence-corrected chi connectivity index (χ3v) is 5.39. The van der Waals surface area contributed by atoms with Crippen molar-refractivity contribution in [2.24, 2.45) is 5.10 Å². The number of hydrogen-bond donors (Lipinski definition) is 1. The van der Waals surface area contributed by atoms with Gasteiger partial charge in [0.2, 0.25) is 0 Å². The lowest BCUT2D eigenvalue weighted by Gasteiger charge is -2.10. The minimum Gasteiger partial charge on any atom is -0.494 e. The fourth-order valence-corrected chi connectivity index (χ4v) is 3.49. The molecule has 0 bridgehead atoms. The normalized spacial score (nSPS) is 10.9. The summed E-state index contributed by atoms with van der Waals surface area (Å²) in [5.74, 6) is 0.244. The SMILES string of the molecule is CCCCOc1ccc(C(=O)NN=Cc2c(OC(=O)c3ccccc3)ccc3ccccc23)cc1. The summed E-state index contributed by atoms with van der Waals surface area (Å²) >= 11 is 0. The molecule has 0 aliphatic heterocycles. The van der Waals surface area contributed by atoms with E-state index in [-0.39, 0.29) is 5.91 Å². The first-order valence-corrected chi connectivity index (χ1v) is 11.5. The van der Waals surface area contributed by atoms with Gasteiger partial charge in [0.1, 0.15) is 11.5 Å². The van der Waals surface area contributed by atoms with Crippen molar-refractivity contribution in [1.82, 2.24) is 5.43 Å². The molecule has 0 aliphatic rings. The van der Waals surface area contributed by atoms with Crippen LogP contribution in [0.4, 0.5) is 0 Å². The van der Waals surface area contributed by atoms with Crippen molar-refractivity contribution >= 4 is 28.9 Å². The second kappa shape index (κ2) is 11.6. The number of hydrazone groups is 1. The summed E-state index contributed by atoms with van der Waals surface area (Å²) in [5.41, 5.74) is 4.04. The molecule has 0 saturated carbocycles. The van der Waals surface area contributed by atoms with Gasteiger partial charge < -0.3 is 9.47 Å². The van der Waals surface area contributed by atoms with E-state index in [0.29, 0.717) is 29.0 Å². The van der Waals surface area contributed by atoms with Crippen LogP contribution in [0.25, 0.3) is 10.8 Å². The van der Waals surface area contributed by atoms with Crippen molar-refractivity contribution in [2.75, 3.05) is 6.61 Å². The van der Waals surface area contributed by atoms with E-state index < -0.39 is 5.97 Å². The zero-order valence-corrected chi connectivity index (χ0v) is 19.4. The Labute approximate surface area is 204 Å². The van der Waals surface area contributed by atoms with Crippen molar-refractivity contribution in [1.29, 1.82) is 0 Å². The molecule has 0 unspecified atom stereocenters. The van der Waals surface area contributed by atoms with E-state index in [2.05, 4.69) is 17.5 Å². The van der Waals surface area contributed by atoms with Gasteiger partial charge in [0.15, 0.2) is 0 Å². The Bertz CT molecular complexity index is 1330. The first kappa shape index (κ1) is 23.7. The van der Waals surface area contributed by atoms with Crippen molar-refractivity contribution in [3.8, 4) is 11.5 Å². The van der Waals surface area contributed by atoms with Gasteiger partial charge in [-0.15, -0.1) is 0 Å². The number of hydrogen-bond acceptors (Lipinski definition) is 5. The summed E-state index contributed by atoms with van der Waals surface area (Å²) in [5, 5.41) is 5.95. The van der Waals surface area contributed by atoms with Crippen LogP contribution in [0.5, 0.6) is 11.5 Å². The Morgan fingerprint density at radius 2 is 1.60 bits per heavy atom. The van der Waals surface area contributed by atoms with Gasteiger partial charge in [0, 0.05) is 11.1 Å². The van der Waals surface area contributed by atoms with E-state index in [0.717, 1.165) is 29.4 Å². The molecule has 4 aromatic carbocycles. The molecule has 176 valence electrons. The molecule has 4 aromatic rings. The quantitative estimate of drug-likeness (QED) is 0.108. The van der Waals surface area contributed by atoms with Gasteiger partial charge in [-0.2, -0.15) is 5.10 Å². The van der Waals surface area contributed by atoms with Crippen LogP contribution in [0.2, 0.25) is 0 Å². The number of carbonyl (C=O) groups excluding carboxylic acids is 2. The average molecular weight is 467 g/mol. The second-order valence-electron chi connectivity index (χ2n) is 7.88. The molecular formula is C29H26N2O4. The molecule has 1 amide bonds. The minimum absolute atomic E-state index is 0.351. The largest absolute Gasteiger partial charge is 0.494 e. The third-order valence-electron chi connectivity index (χ3n) is 5.39. The fourth-order valence-electron chi connectivity index (χ4n) is 3.49. The van der Waals surface area contributed by atoms with Crippen LogP contribution in [0.3, 0.4) is 0 Å². The predicted octanol–water partition coefficient (Wildman–Crippen LogP) is 6.00. The van der Waals surface area contributed by atoms with Gasteiger partial charge in [-0.25, -0.2) is 10.2 Å². The van der Waals surface area contributed by atoms with Gasteiger partial charge in [0.25, 0.3) is 5.91 Å². The summed E-state index contributed by atoms with van der Waals surface area (Å²) in [6.07, 6.45) is 3.53. The van der Waals surface area contributed by atoms with Crippen LogP contribution < -0.4 is 14.9 Å². The summed E-state index contributed by atoms with van der Waals surface area (Å²) in [7, 11) is 0. The molecule has 6 heteroatoms. The fraction of sp³-hybridized carbons (Fsp3) is 0.138. The molecule has 1 N–H and O–H groups in total. The van der Waals surface area contributed by atoms with Crippen LogP contribution in [-0.2, 0) is 0 Å². The van der Waals surface area contributed by atoms with Crippen LogP contribution in [0.15, 0.2) is 96.1 Å². The van der Waals surface area contributed by atoms with E-state index in [9.17, 15) is 9.59 Å². The van der Waals surface area contributed by atoms with E-state index in [1.165, 1.54) is 6.21 Å². The topological polar surface area (TPSA) is 77.0 Å². The van der Waals surface area contributed by atoms with Crippen LogP contribution in [0, 0.1) is 0 Å². The van der Waals surface area contributed by atoms with Crippen molar-refractivity contribution in [3.63, 3.8) is 0 Å². The average Bonchev–Trinajstić information content (AvgIpc) is 2.90. The Morgan fingerprint density at radius 1 is 0.857 bits per heavy atom. The summed E-state index contributed by atoms with van der Waals surface area (Å²) in [6.45, 7) is 2.75. The van der Waals surface area contributed by atoms with Gasteiger partial charge in [-0.05, 0) is 59.7 Å². The first-order valence-electron chi connectivity index (χ1n) is 11.5. The number of esters is 1. The molecule has 0 heterocycles. The van der Waals surface area contributed by atoms with Crippen molar-refractivity contribution < 1.29 is 19.1 Å². The smallest absolute Gasteiger partial charge is 0.343 e. The molecule has 0 spiro atoms. The van der Waals surface area contributed by atoms with E-state index in [4.69, 9.17) is 9.47 Å². The van der Waals surface area contributed by atoms with Crippen molar-refractivity contribution in [2.45, 2.75) is 19.8 Å². The summed E-state index contributed by atoms with van der Waals surface area (Å²) in [6, 6.07) is 27.0. The highest BCUT2D eigenvalue weighted by Gasteiger charge is 2.13. The highest BCUT2D eigenvalue weighted by molar-refractivity contribution is 6.04. The van der Waals surface area contributed by atoms with Crippen LogP contribution in [-0.4, -0.2) is 24.7 Å². The maximum Gasteiger partial charge on any atom is 0.343 e. The summed E-state index contributed by atoms with van der Waals surface area (Å²) in [4.78, 5) is 25.2. The van der Waals surface area contributed by atoms with Gasteiger partial charge in [-0.1, -0.05) is 61.9 Å². The lowest BCUT2D eigenvalue weighted by Crippen LogP contribution is -2.17. The Hall–Kier alpha value is -4.45. The number of nitrogens with one attached hydrogen (secondary N) is 1. The lowest BCUT2D eigenvalue weighted by molar-refractivity contribution is 0.0734. The number of carbonyl (C=O) groups is 2. The number of fused-ring (bicyclic) bond motifs is 1. The second-order valence-corrected chi connectivity index (χ2v) is 7.88. The van der Waals surface area contributed by atoms with E-state index >= 15 is 0 Å². The maximum atomic E-state index is 12.6. The number of nitrogens with zero attached hydrogens (tertiary/aromatic N) is 1. The molecule has 4 rings (SSSR count). The molecule has 0 aromatic heterocycles. The van der Waals surface area contributed by atoms with Crippen LogP contribution in [0.1, 0.15) is 46.0 Å². The Balaban J connectivity index is 1.51. The molecule has 6 nitrogen and oxygen atoms in total. The zero-order chi connectivity index (χ0) is 24.5. The molecule has 0 fully saturated rings. The molecule has 35 heavy (non-hydrogen) atoms. The monoisotopic (exact) mass is 466 g/mol.